The molecule has 9 nitrogen and oxygen atoms in total. The number of hydrogen-bond acceptors (Lipinski definition) is 6. The van der Waals surface area contributed by atoms with Gasteiger partial charge in [0.05, 0.1) is 16.8 Å². The largest absolute Gasteiger partial charge is 0.427 e. The third-order valence-electron chi connectivity index (χ3n) is 5.54. The van der Waals surface area contributed by atoms with Gasteiger partial charge in [-0.25, -0.2) is 4.90 Å². The third-order valence-corrected chi connectivity index (χ3v) is 5.54. The van der Waals surface area contributed by atoms with Crippen LogP contribution in [0.2, 0.25) is 0 Å². The van der Waals surface area contributed by atoms with E-state index in [0.29, 0.717) is 23.7 Å². The number of rotatable bonds is 7. The van der Waals surface area contributed by atoms with Gasteiger partial charge in [0.2, 0.25) is 0 Å². The zero-order chi connectivity index (χ0) is 26.7. The number of nitrogens with zero attached hydrogens (tertiary/aromatic N) is 1. The van der Waals surface area contributed by atoms with E-state index in [1.54, 1.807) is 36.4 Å². The number of hydrogen-bond donors (Lipinski definition) is 2. The standard InChI is InChI=1S/C28H25N3O6/c1-16(2)15-29-25(33)18-6-4-7-20(12-18)30-26(34)19-10-11-23-24(13-19)28(36)31(27(23)35)21-8-5-9-22(14-21)37-17(3)32/h4-14,16H,15H2,1-3H3,(H,29,33)(H,30,34). The molecule has 4 rings (SSSR count). The Labute approximate surface area is 213 Å². The minimum Gasteiger partial charge on any atom is -0.427 e. The molecule has 0 spiro atoms. The molecule has 3 aromatic rings. The van der Waals surface area contributed by atoms with Gasteiger partial charge in [-0.15, -0.1) is 0 Å². The Kier molecular flexibility index (Phi) is 7.15. The highest BCUT2D eigenvalue weighted by Crippen LogP contribution is 2.31. The van der Waals surface area contributed by atoms with E-state index in [9.17, 15) is 24.0 Å². The van der Waals surface area contributed by atoms with Crippen LogP contribution >= 0.6 is 0 Å². The minimum atomic E-state index is -0.599. The molecular weight excluding hydrogens is 474 g/mol. The molecule has 0 bridgehead atoms. The number of ether oxygens (including phenoxy) is 1. The van der Waals surface area contributed by atoms with E-state index >= 15 is 0 Å². The van der Waals surface area contributed by atoms with Crippen molar-refractivity contribution in [3.63, 3.8) is 0 Å². The Hall–Kier alpha value is -4.79. The van der Waals surface area contributed by atoms with E-state index in [0.717, 1.165) is 4.90 Å². The highest BCUT2D eigenvalue weighted by Gasteiger charge is 2.37. The zero-order valence-electron chi connectivity index (χ0n) is 20.5. The van der Waals surface area contributed by atoms with Crippen molar-refractivity contribution in [1.82, 2.24) is 5.32 Å². The molecule has 1 aliphatic rings. The predicted molar refractivity (Wildman–Crippen MR) is 137 cm³/mol. The van der Waals surface area contributed by atoms with Crippen LogP contribution < -0.4 is 20.3 Å². The second-order valence-electron chi connectivity index (χ2n) is 8.94. The number of fused-ring (bicyclic) bond motifs is 1. The molecule has 0 atom stereocenters. The Morgan fingerprint density at radius 1 is 0.838 bits per heavy atom. The lowest BCUT2D eigenvalue weighted by Crippen LogP contribution is -2.29. The van der Waals surface area contributed by atoms with Crippen LogP contribution in [0.25, 0.3) is 0 Å². The van der Waals surface area contributed by atoms with E-state index in [1.807, 2.05) is 13.8 Å². The first-order valence-electron chi connectivity index (χ1n) is 11.6. The second kappa shape index (κ2) is 10.4. The molecule has 1 aliphatic heterocycles. The van der Waals surface area contributed by atoms with Crippen molar-refractivity contribution in [3.8, 4) is 5.75 Å². The van der Waals surface area contributed by atoms with E-state index in [1.165, 1.54) is 37.3 Å². The molecule has 0 radical (unpaired) electrons. The minimum absolute atomic E-state index is 0.0809. The summed E-state index contributed by atoms with van der Waals surface area (Å²) in [6.45, 7) is 5.76. The van der Waals surface area contributed by atoms with Gasteiger partial charge < -0.3 is 15.4 Å². The molecule has 0 aliphatic carbocycles. The third kappa shape index (κ3) is 5.56. The first kappa shape index (κ1) is 25.3. The van der Waals surface area contributed by atoms with Gasteiger partial charge in [-0.05, 0) is 54.4 Å². The Morgan fingerprint density at radius 3 is 2.27 bits per heavy atom. The van der Waals surface area contributed by atoms with E-state index in [-0.39, 0.29) is 34.0 Å². The topological polar surface area (TPSA) is 122 Å². The van der Waals surface area contributed by atoms with Crippen LogP contribution in [0, 0.1) is 5.92 Å². The quantitative estimate of drug-likeness (QED) is 0.287. The van der Waals surface area contributed by atoms with Gasteiger partial charge in [-0.3, -0.25) is 24.0 Å². The summed E-state index contributed by atoms with van der Waals surface area (Å²) in [5.74, 6) is -1.93. The lowest BCUT2D eigenvalue weighted by Gasteiger charge is -2.14. The highest BCUT2D eigenvalue weighted by molar-refractivity contribution is 6.34. The Balaban J connectivity index is 1.53. The van der Waals surface area contributed by atoms with Gasteiger partial charge in [-0.2, -0.15) is 0 Å². The highest BCUT2D eigenvalue weighted by atomic mass is 16.5. The molecule has 9 heteroatoms. The van der Waals surface area contributed by atoms with Gasteiger partial charge in [0.1, 0.15) is 5.75 Å². The zero-order valence-corrected chi connectivity index (χ0v) is 20.5. The van der Waals surface area contributed by atoms with Gasteiger partial charge in [0.15, 0.2) is 0 Å². The van der Waals surface area contributed by atoms with E-state index in [4.69, 9.17) is 4.74 Å². The lowest BCUT2D eigenvalue weighted by atomic mass is 10.1. The fraction of sp³-hybridized carbons (Fsp3) is 0.179. The number of benzene rings is 3. The molecule has 0 saturated carbocycles. The summed E-state index contributed by atoms with van der Waals surface area (Å²) in [6.07, 6.45) is 0. The number of esters is 1. The molecule has 0 aromatic heterocycles. The summed E-state index contributed by atoms with van der Waals surface area (Å²) >= 11 is 0. The van der Waals surface area contributed by atoms with Crippen molar-refractivity contribution < 1.29 is 28.7 Å². The number of carbonyl (C=O) groups excluding carboxylic acids is 5. The smallest absolute Gasteiger partial charge is 0.308 e. The van der Waals surface area contributed by atoms with Gasteiger partial charge in [-0.1, -0.05) is 26.0 Å². The maximum Gasteiger partial charge on any atom is 0.308 e. The first-order valence-corrected chi connectivity index (χ1v) is 11.6. The van der Waals surface area contributed by atoms with Crippen LogP contribution in [-0.2, 0) is 4.79 Å². The maximum absolute atomic E-state index is 13.1. The number of carbonyl (C=O) groups is 5. The molecule has 1 heterocycles. The van der Waals surface area contributed by atoms with Gasteiger partial charge in [0, 0.05) is 36.3 Å². The fourth-order valence-electron chi connectivity index (χ4n) is 3.81. The number of nitrogens with one attached hydrogen (secondary N) is 2. The molecule has 4 amide bonds. The van der Waals surface area contributed by atoms with Crippen molar-refractivity contribution in [2.24, 2.45) is 5.92 Å². The second-order valence-corrected chi connectivity index (χ2v) is 8.94. The van der Waals surface area contributed by atoms with Crippen LogP contribution in [0.3, 0.4) is 0 Å². The summed E-state index contributed by atoms with van der Waals surface area (Å²) in [6, 6.07) is 16.8. The molecule has 0 unspecified atom stereocenters. The van der Waals surface area contributed by atoms with Crippen LogP contribution in [0.15, 0.2) is 66.7 Å². The maximum atomic E-state index is 13.1. The predicted octanol–water partition coefficient (Wildman–Crippen LogP) is 4.05. The fourth-order valence-corrected chi connectivity index (χ4v) is 3.81. The molecular formula is C28H25N3O6. The molecule has 37 heavy (non-hydrogen) atoms. The molecule has 188 valence electrons. The van der Waals surface area contributed by atoms with E-state index < -0.39 is 23.7 Å². The van der Waals surface area contributed by atoms with E-state index in [2.05, 4.69) is 10.6 Å². The van der Waals surface area contributed by atoms with Crippen molar-refractivity contribution in [3.05, 3.63) is 89.0 Å². The van der Waals surface area contributed by atoms with Crippen molar-refractivity contribution in [2.75, 3.05) is 16.8 Å². The average molecular weight is 500 g/mol. The number of amides is 4. The van der Waals surface area contributed by atoms with Crippen molar-refractivity contribution >= 4 is 41.0 Å². The van der Waals surface area contributed by atoms with Crippen LogP contribution in [0.1, 0.15) is 62.2 Å². The Bertz CT molecular complexity index is 1430. The number of imide groups is 1. The monoisotopic (exact) mass is 499 g/mol. The Morgan fingerprint density at radius 2 is 1.54 bits per heavy atom. The molecule has 0 saturated heterocycles. The molecule has 3 aromatic carbocycles. The van der Waals surface area contributed by atoms with Crippen molar-refractivity contribution in [2.45, 2.75) is 20.8 Å². The SMILES string of the molecule is CC(=O)Oc1cccc(N2C(=O)c3ccc(C(=O)Nc4cccc(C(=O)NCC(C)C)c4)cc3C2=O)c1. The summed E-state index contributed by atoms with van der Waals surface area (Å²) in [5.41, 5.74) is 1.46. The molecule has 0 fully saturated rings. The lowest BCUT2D eigenvalue weighted by molar-refractivity contribution is -0.131. The first-order chi connectivity index (χ1) is 17.6. The van der Waals surface area contributed by atoms with Crippen LogP contribution in [0.4, 0.5) is 11.4 Å². The molecule has 2 N–H and O–H groups in total. The summed E-state index contributed by atoms with van der Waals surface area (Å²) in [7, 11) is 0. The average Bonchev–Trinajstić information content (AvgIpc) is 3.11. The summed E-state index contributed by atoms with van der Waals surface area (Å²) < 4.78 is 5.05. The van der Waals surface area contributed by atoms with Crippen LogP contribution in [-0.4, -0.2) is 36.1 Å². The van der Waals surface area contributed by atoms with Gasteiger partial charge in [0.25, 0.3) is 23.6 Å². The van der Waals surface area contributed by atoms with Gasteiger partial charge >= 0.3 is 5.97 Å². The summed E-state index contributed by atoms with van der Waals surface area (Å²) in [5, 5.41) is 5.55. The van der Waals surface area contributed by atoms with Crippen molar-refractivity contribution in [1.29, 1.82) is 0 Å². The van der Waals surface area contributed by atoms with Crippen LogP contribution in [0.5, 0.6) is 5.75 Å². The normalized spacial score (nSPS) is 12.4. The number of anilines is 2. The summed E-state index contributed by atoms with van der Waals surface area (Å²) in [4.78, 5) is 63.6.